The number of rotatable bonds is 2. The van der Waals surface area contributed by atoms with Gasteiger partial charge in [0.1, 0.15) is 5.75 Å². The summed E-state index contributed by atoms with van der Waals surface area (Å²) in [4.78, 5) is 11.4. The first kappa shape index (κ1) is 8.07. The molecule has 0 aliphatic heterocycles. The standard InChI is InChI=1S/C7H8O3S/c1-10-7(9)4-6-5(8)2-3-11-6/h2-3,8H,4H2,1H3. The molecule has 1 aromatic rings. The van der Waals surface area contributed by atoms with E-state index in [0.717, 1.165) is 0 Å². The van der Waals surface area contributed by atoms with E-state index in [1.807, 2.05) is 0 Å². The molecule has 1 aromatic heterocycles. The Morgan fingerprint density at radius 3 is 3.00 bits per heavy atom. The fourth-order valence-corrected chi connectivity index (χ4v) is 1.42. The van der Waals surface area contributed by atoms with Gasteiger partial charge in [-0.25, -0.2) is 0 Å². The Morgan fingerprint density at radius 1 is 1.82 bits per heavy atom. The highest BCUT2D eigenvalue weighted by molar-refractivity contribution is 7.10. The zero-order chi connectivity index (χ0) is 8.27. The SMILES string of the molecule is COC(=O)Cc1sccc1O. The van der Waals surface area contributed by atoms with Gasteiger partial charge in [-0.1, -0.05) is 0 Å². The maximum absolute atomic E-state index is 10.7. The van der Waals surface area contributed by atoms with Crippen LogP contribution in [0.5, 0.6) is 5.75 Å². The smallest absolute Gasteiger partial charge is 0.310 e. The van der Waals surface area contributed by atoms with Crippen molar-refractivity contribution < 1.29 is 14.6 Å². The molecule has 1 N–H and O–H groups in total. The molecule has 1 heterocycles. The van der Waals surface area contributed by atoms with Gasteiger partial charge in [0.25, 0.3) is 0 Å². The number of hydrogen-bond donors (Lipinski definition) is 1. The molecule has 0 atom stereocenters. The van der Waals surface area contributed by atoms with E-state index in [1.165, 1.54) is 18.4 Å². The Morgan fingerprint density at radius 2 is 2.55 bits per heavy atom. The molecular weight excluding hydrogens is 164 g/mol. The van der Waals surface area contributed by atoms with Crippen molar-refractivity contribution >= 4 is 17.3 Å². The van der Waals surface area contributed by atoms with E-state index in [9.17, 15) is 4.79 Å². The molecule has 0 aliphatic rings. The molecule has 0 bridgehead atoms. The van der Waals surface area contributed by atoms with Crippen molar-refractivity contribution in [2.75, 3.05) is 7.11 Å². The first-order valence-electron chi connectivity index (χ1n) is 3.06. The van der Waals surface area contributed by atoms with Crippen molar-refractivity contribution in [3.63, 3.8) is 0 Å². The van der Waals surface area contributed by atoms with E-state index >= 15 is 0 Å². The van der Waals surface area contributed by atoms with Gasteiger partial charge in [-0.15, -0.1) is 11.3 Å². The Bertz CT molecular complexity index is 254. The van der Waals surface area contributed by atoms with Crippen LogP contribution in [0.25, 0.3) is 0 Å². The van der Waals surface area contributed by atoms with Gasteiger partial charge >= 0.3 is 5.97 Å². The third-order valence-electron chi connectivity index (χ3n) is 1.25. The summed E-state index contributed by atoms with van der Waals surface area (Å²) in [6, 6.07) is 1.56. The second-order valence-electron chi connectivity index (χ2n) is 1.98. The lowest BCUT2D eigenvalue weighted by atomic mass is 10.3. The molecule has 0 fully saturated rings. The monoisotopic (exact) mass is 172 g/mol. The van der Waals surface area contributed by atoms with Crippen LogP contribution in [0.1, 0.15) is 4.88 Å². The average molecular weight is 172 g/mol. The third-order valence-corrected chi connectivity index (χ3v) is 2.16. The summed E-state index contributed by atoms with van der Waals surface area (Å²) in [6.07, 6.45) is 0.153. The normalized spacial score (nSPS) is 9.55. The molecule has 11 heavy (non-hydrogen) atoms. The second kappa shape index (κ2) is 3.39. The molecule has 0 aliphatic carbocycles. The highest BCUT2D eigenvalue weighted by Crippen LogP contribution is 2.23. The predicted octanol–water partition coefficient (Wildman–Crippen LogP) is 1.17. The van der Waals surface area contributed by atoms with Crippen molar-refractivity contribution in [1.29, 1.82) is 0 Å². The third kappa shape index (κ3) is 1.94. The van der Waals surface area contributed by atoms with Crippen molar-refractivity contribution in [2.24, 2.45) is 0 Å². The van der Waals surface area contributed by atoms with Gasteiger partial charge in [0.2, 0.25) is 0 Å². The van der Waals surface area contributed by atoms with Gasteiger partial charge in [-0.05, 0) is 11.4 Å². The van der Waals surface area contributed by atoms with E-state index in [1.54, 1.807) is 11.4 Å². The Balaban J connectivity index is 2.64. The summed E-state index contributed by atoms with van der Waals surface area (Å²) in [5.74, 6) is -0.164. The quantitative estimate of drug-likeness (QED) is 0.681. The van der Waals surface area contributed by atoms with Gasteiger partial charge in [0.05, 0.1) is 18.4 Å². The van der Waals surface area contributed by atoms with Crippen LogP contribution in [0.4, 0.5) is 0 Å². The number of esters is 1. The second-order valence-corrected chi connectivity index (χ2v) is 2.98. The number of hydrogen-bond acceptors (Lipinski definition) is 4. The highest BCUT2D eigenvalue weighted by Gasteiger charge is 2.07. The van der Waals surface area contributed by atoms with Crippen LogP contribution in [0.15, 0.2) is 11.4 Å². The summed E-state index contributed by atoms with van der Waals surface area (Å²) in [6.45, 7) is 0. The minimum Gasteiger partial charge on any atom is -0.507 e. The zero-order valence-corrected chi connectivity index (χ0v) is 6.85. The molecule has 0 saturated carbocycles. The maximum Gasteiger partial charge on any atom is 0.310 e. The lowest BCUT2D eigenvalue weighted by Crippen LogP contribution is -2.02. The fraction of sp³-hybridized carbons (Fsp3) is 0.286. The summed E-state index contributed by atoms with van der Waals surface area (Å²) < 4.78 is 4.44. The van der Waals surface area contributed by atoms with Crippen LogP contribution in [-0.4, -0.2) is 18.2 Å². The van der Waals surface area contributed by atoms with Crippen molar-refractivity contribution in [3.8, 4) is 5.75 Å². The first-order chi connectivity index (χ1) is 5.24. The summed E-state index contributed by atoms with van der Waals surface area (Å²) in [5, 5.41) is 10.8. The van der Waals surface area contributed by atoms with Gasteiger partial charge < -0.3 is 9.84 Å². The number of carbonyl (C=O) groups is 1. The predicted molar refractivity (Wildman–Crippen MR) is 41.7 cm³/mol. The van der Waals surface area contributed by atoms with E-state index in [4.69, 9.17) is 5.11 Å². The molecule has 0 amide bonds. The summed E-state index contributed by atoms with van der Waals surface area (Å²) in [5.41, 5.74) is 0. The largest absolute Gasteiger partial charge is 0.507 e. The Kier molecular flexibility index (Phi) is 2.48. The molecule has 3 nitrogen and oxygen atoms in total. The number of thiophene rings is 1. The number of ether oxygens (including phenoxy) is 1. The van der Waals surface area contributed by atoms with Crippen molar-refractivity contribution in [2.45, 2.75) is 6.42 Å². The van der Waals surface area contributed by atoms with E-state index in [2.05, 4.69) is 4.74 Å². The lowest BCUT2D eigenvalue weighted by molar-refractivity contribution is -0.139. The van der Waals surface area contributed by atoms with Crippen LogP contribution < -0.4 is 0 Å². The lowest BCUT2D eigenvalue weighted by Gasteiger charge is -1.95. The molecular formula is C7H8O3S. The van der Waals surface area contributed by atoms with Crippen molar-refractivity contribution in [1.82, 2.24) is 0 Å². The van der Waals surface area contributed by atoms with Gasteiger partial charge in [0, 0.05) is 0 Å². The van der Waals surface area contributed by atoms with Crippen molar-refractivity contribution in [3.05, 3.63) is 16.3 Å². The molecule has 60 valence electrons. The molecule has 0 aromatic carbocycles. The van der Waals surface area contributed by atoms with Gasteiger partial charge in [0.15, 0.2) is 0 Å². The molecule has 0 spiro atoms. The number of methoxy groups -OCH3 is 1. The number of aromatic hydroxyl groups is 1. The van der Waals surface area contributed by atoms with E-state index in [-0.39, 0.29) is 18.1 Å². The minimum atomic E-state index is -0.331. The van der Waals surface area contributed by atoms with Gasteiger partial charge in [-0.2, -0.15) is 0 Å². The molecule has 0 radical (unpaired) electrons. The fourth-order valence-electron chi connectivity index (χ4n) is 0.669. The van der Waals surface area contributed by atoms with Crippen LogP contribution in [0.3, 0.4) is 0 Å². The molecule has 0 saturated heterocycles. The zero-order valence-electron chi connectivity index (χ0n) is 6.03. The van der Waals surface area contributed by atoms with Crippen LogP contribution in [0, 0.1) is 0 Å². The Labute approximate surface area is 68.2 Å². The topological polar surface area (TPSA) is 46.5 Å². The van der Waals surface area contributed by atoms with Crippen LogP contribution in [0.2, 0.25) is 0 Å². The first-order valence-corrected chi connectivity index (χ1v) is 3.94. The molecule has 0 unspecified atom stereocenters. The molecule has 4 heteroatoms. The van der Waals surface area contributed by atoms with E-state index in [0.29, 0.717) is 4.88 Å². The number of carbonyl (C=O) groups excluding carboxylic acids is 1. The summed E-state index contributed by atoms with van der Waals surface area (Å²) >= 11 is 1.34. The Hall–Kier alpha value is -1.03. The van der Waals surface area contributed by atoms with Gasteiger partial charge in [-0.3, -0.25) is 4.79 Å². The van der Waals surface area contributed by atoms with Crippen LogP contribution in [-0.2, 0) is 16.0 Å². The minimum absolute atomic E-state index is 0.153. The highest BCUT2D eigenvalue weighted by atomic mass is 32.1. The average Bonchev–Trinajstić information content (AvgIpc) is 2.37. The van der Waals surface area contributed by atoms with E-state index < -0.39 is 0 Å². The van der Waals surface area contributed by atoms with Crippen LogP contribution >= 0.6 is 11.3 Å². The maximum atomic E-state index is 10.7. The molecule has 1 rings (SSSR count). The summed E-state index contributed by atoms with van der Waals surface area (Å²) in [7, 11) is 1.33.